The largest absolute Gasteiger partial charge is 0.495 e. The van der Waals surface area contributed by atoms with Crippen molar-refractivity contribution in [3.63, 3.8) is 0 Å². The molecule has 0 saturated carbocycles. The Labute approximate surface area is 156 Å². The summed E-state index contributed by atoms with van der Waals surface area (Å²) < 4.78 is 31.0. The van der Waals surface area contributed by atoms with Gasteiger partial charge in [0, 0.05) is 13.0 Å². The Kier molecular flexibility index (Phi) is 6.19. The first-order valence-corrected chi connectivity index (χ1v) is 9.00. The highest BCUT2D eigenvalue weighted by molar-refractivity contribution is 9.10. The van der Waals surface area contributed by atoms with Gasteiger partial charge in [-0.15, -0.1) is 0 Å². The second kappa shape index (κ2) is 7.81. The fraction of sp³-hybridized carbons (Fsp3) is 0.611. The molecule has 5 nitrogen and oxygen atoms in total. The lowest BCUT2D eigenvalue weighted by Crippen LogP contribution is -2.44. The molecule has 1 aromatic rings. The lowest BCUT2D eigenvalue weighted by molar-refractivity contribution is 0.00158. The Bertz CT molecular complexity index is 607. The van der Waals surface area contributed by atoms with Crippen molar-refractivity contribution in [2.45, 2.75) is 51.4 Å². The van der Waals surface area contributed by atoms with Gasteiger partial charge in [-0.3, -0.25) is 0 Å². The van der Waals surface area contributed by atoms with E-state index in [2.05, 4.69) is 15.9 Å². The van der Waals surface area contributed by atoms with Crippen LogP contribution in [0.25, 0.3) is 0 Å². The highest BCUT2D eigenvalue weighted by atomic mass is 79.9. The van der Waals surface area contributed by atoms with Crippen LogP contribution in [0.4, 0.5) is 9.18 Å². The van der Waals surface area contributed by atoms with Gasteiger partial charge in [0.05, 0.1) is 20.3 Å². The average Bonchev–Trinajstić information content (AvgIpc) is 2.53. The lowest BCUT2D eigenvalue weighted by atomic mass is 9.94. The zero-order valence-corrected chi connectivity index (χ0v) is 16.9. The number of carbonyl (C=O) groups is 1. The van der Waals surface area contributed by atoms with Crippen LogP contribution in [-0.4, -0.2) is 43.5 Å². The number of amides is 1. The summed E-state index contributed by atoms with van der Waals surface area (Å²) in [4.78, 5) is 14.2. The van der Waals surface area contributed by atoms with E-state index in [4.69, 9.17) is 14.2 Å². The van der Waals surface area contributed by atoms with Crippen LogP contribution in [0.5, 0.6) is 11.5 Å². The Morgan fingerprint density at radius 3 is 2.28 bits per heavy atom. The number of benzene rings is 1. The van der Waals surface area contributed by atoms with Crippen LogP contribution in [0, 0.1) is 0 Å². The van der Waals surface area contributed by atoms with Crippen molar-refractivity contribution in [1.82, 2.24) is 4.90 Å². The topological polar surface area (TPSA) is 48.0 Å². The minimum absolute atomic E-state index is 0.215. The van der Waals surface area contributed by atoms with E-state index in [-0.39, 0.29) is 6.42 Å². The number of carbonyl (C=O) groups excluding carboxylic acids is 1. The molecule has 1 heterocycles. The fourth-order valence-electron chi connectivity index (χ4n) is 2.86. The van der Waals surface area contributed by atoms with Gasteiger partial charge in [-0.25, -0.2) is 9.18 Å². The number of rotatable bonds is 3. The Morgan fingerprint density at radius 1 is 1.24 bits per heavy atom. The molecule has 140 valence electrons. The summed E-state index contributed by atoms with van der Waals surface area (Å²) in [5, 5.41) is 0. The number of halogens is 2. The van der Waals surface area contributed by atoms with Crippen molar-refractivity contribution in [2.24, 2.45) is 0 Å². The molecule has 2 rings (SSSR count). The third-order valence-electron chi connectivity index (χ3n) is 4.02. The first-order chi connectivity index (χ1) is 11.7. The molecule has 1 fully saturated rings. The van der Waals surface area contributed by atoms with Gasteiger partial charge in [-0.1, -0.05) is 0 Å². The van der Waals surface area contributed by atoms with E-state index in [1.807, 2.05) is 20.8 Å². The molecular weight excluding hydrogens is 393 g/mol. The number of hydrogen-bond donors (Lipinski definition) is 0. The first-order valence-electron chi connectivity index (χ1n) is 8.21. The number of likely N-dealkylation sites (tertiary alicyclic amines) is 1. The van der Waals surface area contributed by atoms with Crippen LogP contribution in [0.15, 0.2) is 16.6 Å². The summed E-state index contributed by atoms with van der Waals surface area (Å²) in [6.45, 7) is 5.75. The zero-order chi connectivity index (χ0) is 18.8. The van der Waals surface area contributed by atoms with E-state index in [0.717, 1.165) is 5.56 Å². The second-order valence-electron chi connectivity index (χ2n) is 7.05. The number of nitrogens with zero attached hydrogens (tertiary/aromatic N) is 1. The molecule has 0 spiro atoms. The van der Waals surface area contributed by atoms with Gasteiger partial charge < -0.3 is 19.1 Å². The van der Waals surface area contributed by atoms with Crippen LogP contribution in [0.1, 0.15) is 45.2 Å². The number of alkyl halides is 1. The van der Waals surface area contributed by atoms with Gasteiger partial charge >= 0.3 is 6.09 Å². The van der Waals surface area contributed by atoms with Crippen molar-refractivity contribution >= 4 is 22.0 Å². The highest BCUT2D eigenvalue weighted by Crippen LogP contribution is 2.41. The summed E-state index contributed by atoms with van der Waals surface area (Å²) in [6.07, 6.45) is -0.886. The van der Waals surface area contributed by atoms with Gasteiger partial charge in [0.2, 0.25) is 0 Å². The predicted molar refractivity (Wildman–Crippen MR) is 97.1 cm³/mol. The standard InChI is InChI=1S/C18H25BrFNO4/c1-18(2,3)25-17(22)21-7-6-12(20)10-13(21)11-8-14(23-4)16(19)15(9-11)24-5/h8-9,12-13H,6-7,10H2,1-5H3/t12-,13-/m0/s1. The summed E-state index contributed by atoms with van der Waals surface area (Å²) in [7, 11) is 3.10. The fourth-order valence-corrected chi connectivity index (χ4v) is 3.41. The quantitative estimate of drug-likeness (QED) is 0.703. The third-order valence-corrected chi connectivity index (χ3v) is 4.80. The maximum absolute atomic E-state index is 14.1. The van der Waals surface area contributed by atoms with E-state index in [9.17, 15) is 9.18 Å². The summed E-state index contributed by atoms with van der Waals surface area (Å²) in [5.41, 5.74) is 0.147. The SMILES string of the molecule is COc1cc([C@@H]2C[C@@H](F)CCN2C(=O)OC(C)(C)C)cc(OC)c1Br. The molecule has 0 aromatic heterocycles. The highest BCUT2D eigenvalue weighted by Gasteiger charge is 2.36. The van der Waals surface area contributed by atoms with E-state index in [0.29, 0.717) is 28.9 Å². The second-order valence-corrected chi connectivity index (χ2v) is 7.84. The Hall–Kier alpha value is -1.50. The summed E-state index contributed by atoms with van der Waals surface area (Å²) in [6, 6.07) is 3.16. The van der Waals surface area contributed by atoms with Gasteiger partial charge in [0.15, 0.2) is 0 Å². The van der Waals surface area contributed by atoms with Crippen LogP contribution in [0.2, 0.25) is 0 Å². The van der Waals surface area contributed by atoms with E-state index in [1.54, 1.807) is 31.3 Å². The molecule has 0 aliphatic carbocycles. The minimum Gasteiger partial charge on any atom is -0.495 e. The van der Waals surface area contributed by atoms with Crippen LogP contribution in [-0.2, 0) is 4.74 Å². The third kappa shape index (κ3) is 4.77. The zero-order valence-electron chi connectivity index (χ0n) is 15.3. The van der Waals surface area contributed by atoms with Crippen molar-refractivity contribution < 1.29 is 23.4 Å². The summed E-state index contributed by atoms with van der Waals surface area (Å²) >= 11 is 3.43. The smallest absolute Gasteiger partial charge is 0.410 e. The van der Waals surface area contributed by atoms with Crippen LogP contribution < -0.4 is 9.47 Å². The molecule has 0 N–H and O–H groups in total. The van der Waals surface area contributed by atoms with Crippen LogP contribution in [0.3, 0.4) is 0 Å². The molecule has 1 saturated heterocycles. The predicted octanol–water partition coefficient (Wildman–Crippen LogP) is 4.88. The first kappa shape index (κ1) is 19.8. The monoisotopic (exact) mass is 417 g/mol. The van der Waals surface area contributed by atoms with Gasteiger partial charge in [0.1, 0.15) is 27.7 Å². The molecule has 1 aliphatic rings. The van der Waals surface area contributed by atoms with E-state index in [1.165, 1.54) is 0 Å². The average molecular weight is 418 g/mol. The van der Waals surface area contributed by atoms with Gasteiger partial charge in [0.25, 0.3) is 0 Å². The molecule has 0 bridgehead atoms. The Morgan fingerprint density at radius 2 is 1.80 bits per heavy atom. The van der Waals surface area contributed by atoms with Crippen LogP contribution >= 0.6 is 15.9 Å². The molecule has 7 heteroatoms. The molecule has 25 heavy (non-hydrogen) atoms. The molecule has 1 amide bonds. The lowest BCUT2D eigenvalue weighted by Gasteiger charge is -2.38. The van der Waals surface area contributed by atoms with Crippen molar-refractivity contribution in [3.05, 3.63) is 22.2 Å². The normalized spacial score (nSPS) is 21.0. The van der Waals surface area contributed by atoms with Gasteiger partial charge in [-0.2, -0.15) is 0 Å². The van der Waals surface area contributed by atoms with Crippen molar-refractivity contribution in [3.8, 4) is 11.5 Å². The number of hydrogen-bond acceptors (Lipinski definition) is 4. The van der Waals surface area contributed by atoms with Gasteiger partial charge in [-0.05, 0) is 60.8 Å². The molecule has 0 unspecified atom stereocenters. The molecule has 0 radical (unpaired) electrons. The van der Waals surface area contributed by atoms with E-state index >= 15 is 0 Å². The molecule has 1 aromatic carbocycles. The maximum atomic E-state index is 14.1. The van der Waals surface area contributed by atoms with Crippen molar-refractivity contribution in [1.29, 1.82) is 0 Å². The maximum Gasteiger partial charge on any atom is 0.410 e. The summed E-state index contributed by atoms with van der Waals surface area (Å²) in [5.74, 6) is 1.14. The van der Waals surface area contributed by atoms with Crippen molar-refractivity contribution in [2.75, 3.05) is 20.8 Å². The molecule has 1 aliphatic heterocycles. The number of methoxy groups -OCH3 is 2. The van der Waals surface area contributed by atoms with E-state index < -0.39 is 23.9 Å². The molecular formula is C18H25BrFNO4. The minimum atomic E-state index is -0.968. The molecule has 2 atom stereocenters. The number of piperidine rings is 1. The Balaban J connectivity index is 2.39. The number of ether oxygens (including phenoxy) is 3.